The molecule has 0 aliphatic heterocycles. The molecule has 7 nitrogen and oxygen atoms in total. The summed E-state index contributed by atoms with van der Waals surface area (Å²) < 4.78 is 40.4. The number of benzene rings is 2. The largest absolute Gasteiger partial charge is 0.573 e. The Morgan fingerprint density at radius 3 is 2.18 bits per heavy atom. The Balaban J connectivity index is 2.18. The second kappa shape index (κ2) is 8.42. The van der Waals surface area contributed by atoms with Gasteiger partial charge in [-0.2, -0.15) is 0 Å². The number of nitrogens with one attached hydrogen (secondary N) is 1. The lowest BCUT2D eigenvalue weighted by Gasteiger charge is -2.13. The Morgan fingerprint density at radius 1 is 1.00 bits per heavy atom. The minimum absolute atomic E-state index is 0.0600. The highest BCUT2D eigenvalue weighted by molar-refractivity contribution is 5.98. The summed E-state index contributed by atoms with van der Waals surface area (Å²) in [5.41, 5.74) is 1.03. The molecule has 1 atom stereocenters. The summed E-state index contributed by atoms with van der Waals surface area (Å²) in [5.74, 6) is -4.08. The van der Waals surface area contributed by atoms with Crippen LogP contribution in [0.5, 0.6) is 5.75 Å². The van der Waals surface area contributed by atoms with Gasteiger partial charge in [0.2, 0.25) is 0 Å². The van der Waals surface area contributed by atoms with Gasteiger partial charge in [-0.3, -0.25) is 9.59 Å². The number of carboxylic acid groups (broad SMARTS) is 2. The lowest BCUT2D eigenvalue weighted by atomic mass is 10.0. The molecule has 1 amide bonds. The Hall–Kier alpha value is -3.56. The average Bonchev–Trinajstić information content (AvgIpc) is 2.60. The molecule has 2 aromatic rings. The standard InChI is InChI=1S/C18H14F3NO6/c19-18(20,21)28-13-6-4-10(5-7-13)11-2-1-3-12(8-11)16(25)22-14(17(26)27)9-15(23)24/h1-8,14H,9H2,(H,22,25)(H,23,24)(H,26,27)/t14-/m0/s1. The zero-order valence-corrected chi connectivity index (χ0v) is 14.1. The van der Waals surface area contributed by atoms with Crippen molar-refractivity contribution in [1.29, 1.82) is 0 Å². The van der Waals surface area contributed by atoms with Crippen molar-refractivity contribution >= 4 is 17.8 Å². The molecule has 0 unspecified atom stereocenters. The summed E-state index contributed by atoms with van der Waals surface area (Å²) in [5, 5.41) is 19.8. The number of carbonyl (C=O) groups is 3. The second-order valence-corrected chi connectivity index (χ2v) is 5.62. The number of halogens is 3. The summed E-state index contributed by atoms with van der Waals surface area (Å²) in [6, 6.07) is 9.23. The highest BCUT2D eigenvalue weighted by Gasteiger charge is 2.31. The van der Waals surface area contributed by atoms with E-state index in [9.17, 15) is 27.6 Å². The lowest BCUT2D eigenvalue weighted by molar-refractivity contribution is -0.274. The van der Waals surface area contributed by atoms with Crippen LogP contribution in [-0.4, -0.2) is 40.5 Å². The van der Waals surface area contributed by atoms with Crippen molar-refractivity contribution in [2.45, 2.75) is 18.8 Å². The molecule has 0 heterocycles. The van der Waals surface area contributed by atoms with Gasteiger partial charge in [0.15, 0.2) is 0 Å². The molecule has 0 radical (unpaired) electrons. The van der Waals surface area contributed by atoms with Gasteiger partial charge in [0.25, 0.3) is 5.91 Å². The van der Waals surface area contributed by atoms with Crippen molar-refractivity contribution in [3.8, 4) is 16.9 Å². The molecule has 28 heavy (non-hydrogen) atoms. The van der Waals surface area contributed by atoms with Crippen molar-refractivity contribution in [2.75, 3.05) is 0 Å². The molecule has 0 saturated carbocycles. The maximum absolute atomic E-state index is 12.2. The minimum atomic E-state index is -4.81. The number of hydrogen-bond donors (Lipinski definition) is 3. The summed E-state index contributed by atoms with van der Waals surface area (Å²) in [6.07, 6.45) is -5.60. The fourth-order valence-corrected chi connectivity index (χ4v) is 2.31. The Bertz CT molecular complexity index is 880. The SMILES string of the molecule is O=C(O)C[C@H](NC(=O)c1cccc(-c2ccc(OC(F)(F)F)cc2)c1)C(=O)O. The van der Waals surface area contributed by atoms with Crippen LogP contribution in [0.4, 0.5) is 13.2 Å². The van der Waals surface area contributed by atoms with Gasteiger partial charge in [-0.1, -0.05) is 24.3 Å². The molecule has 0 spiro atoms. The number of carbonyl (C=O) groups excluding carboxylic acids is 1. The number of carboxylic acids is 2. The van der Waals surface area contributed by atoms with E-state index in [0.717, 1.165) is 12.1 Å². The third-order valence-corrected chi connectivity index (χ3v) is 3.53. The van der Waals surface area contributed by atoms with Crippen molar-refractivity contribution in [3.05, 3.63) is 54.1 Å². The first kappa shape index (κ1) is 20.7. The van der Waals surface area contributed by atoms with E-state index < -0.39 is 42.4 Å². The molecular weight excluding hydrogens is 383 g/mol. The van der Waals surface area contributed by atoms with Crippen molar-refractivity contribution < 1.29 is 42.5 Å². The van der Waals surface area contributed by atoms with Crippen LogP contribution in [0.3, 0.4) is 0 Å². The van der Waals surface area contributed by atoms with Crippen LogP contribution >= 0.6 is 0 Å². The summed E-state index contributed by atoms with van der Waals surface area (Å²) >= 11 is 0. The van der Waals surface area contributed by atoms with Crippen LogP contribution in [0.2, 0.25) is 0 Å². The van der Waals surface area contributed by atoms with Gasteiger partial charge in [-0.05, 0) is 35.4 Å². The summed E-state index contributed by atoms with van der Waals surface area (Å²) in [6.45, 7) is 0. The molecule has 2 rings (SSSR count). The van der Waals surface area contributed by atoms with Crippen LogP contribution < -0.4 is 10.1 Å². The van der Waals surface area contributed by atoms with E-state index >= 15 is 0 Å². The smallest absolute Gasteiger partial charge is 0.481 e. The molecule has 0 aliphatic rings. The molecule has 3 N–H and O–H groups in total. The van der Waals surface area contributed by atoms with Gasteiger partial charge in [-0.25, -0.2) is 4.79 Å². The molecule has 2 aromatic carbocycles. The third-order valence-electron chi connectivity index (χ3n) is 3.53. The van der Waals surface area contributed by atoms with Crippen LogP contribution in [0.1, 0.15) is 16.8 Å². The first-order chi connectivity index (χ1) is 13.0. The molecule has 0 aliphatic carbocycles. The van der Waals surface area contributed by atoms with E-state index in [4.69, 9.17) is 10.2 Å². The molecule has 0 fully saturated rings. The molecule has 0 bridgehead atoms. The quantitative estimate of drug-likeness (QED) is 0.662. The molecule has 0 saturated heterocycles. The van der Waals surface area contributed by atoms with Crippen LogP contribution in [-0.2, 0) is 9.59 Å². The number of hydrogen-bond acceptors (Lipinski definition) is 4. The van der Waals surface area contributed by atoms with E-state index in [1.807, 2.05) is 0 Å². The first-order valence-corrected chi connectivity index (χ1v) is 7.77. The van der Waals surface area contributed by atoms with Crippen LogP contribution in [0, 0.1) is 0 Å². The average molecular weight is 397 g/mol. The second-order valence-electron chi connectivity index (χ2n) is 5.62. The van der Waals surface area contributed by atoms with Gasteiger partial charge in [0, 0.05) is 5.56 Å². The molecule has 0 aromatic heterocycles. The Kier molecular flexibility index (Phi) is 6.24. The fraction of sp³-hybridized carbons (Fsp3) is 0.167. The lowest BCUT2D eigenvalue weighted by Crippen LogP contribution is -2.42. The summed E-state index contributed by atoms with van der Waals surface area (Å²) in [7, 11) is 0. The van der Waals surface area contributed by atoms with E-state index in [0.29, 0.717) is 11.1 Å². The van der Waals surface area contributed by atoms with E-state index in [1.165, 1.54) is 30.3 Å². The number of rotatable bonds is 7. The zero-order valence-electron chi connectivity index (χ0n) is 14.1. The van der Waals surface area contributed by atoms with E-state index in [2.05, 4.69) is 10.1 Å². The molecule has 10 heteroatoms. The maximum Gasteiger partial charge on any atom is 0.573 e. The zero-order chi connectivity index (χ0) is 20.9. The minimum Gasteiger partial charge on any atom is -0.481 e. The number of ether oxygens (including phenoxy) is 1. The van der Waals surface area contributed by atoms with Gasteiger partial charge < -0.3 is 20.3 Å². The first-order valence-electron chi connectivity index (χ1n) is 7.77. The third kappa shape index (κ3) is 6.01. The predicted octanol–water partition coefficient (Wildman–Crippen LogP) is 2.91. The normalized spacial score (nSPS) is 12.1. The highest BCUT2D eigenvalue weighted by Crippen LogP contribution is 2.27. The number of aliphatic carboxylic acids is 2. The van der Waals surface area contributed by atoms with Crippen molar-refractivity contribution in [2.24, 2.45) is 0 Å². The Morgan fingerprint density at radius 2 is 1.64 bits per heavy atom. The molecule has 148 valence electrons. The highest BCUT2D eigenvalue weighted by atomic mass is 19.4. The van der Waals surface area contributed by atoms with E-state index in [1.54, 1.807) is 6.07 Å². The van der Waals surface area contributed by atoms with Crippen molar-refractivity contribution in [3.63, 3.8) is 0 Å². The van der Waals surface area contributed by atoms with Gasteiger partial charge >= 0.3 is 18.3 Å². The number of amides is 1. The van der Waals surface area contributed by atoms with E-state index in [-0.39, 0.29) is 5.56 Å². The van der Waals surface area contributed by atoms with Crippen LogP contribution in [0.15, 0.2) is 48.5 Å². The van der Waals surface area contributed by atoms with Gasteiger partial charge in [0.1, 0.15) is 11.8 Å². The number of alkyl halides is 3. The predicted molar refractivity (Wildman–Crippen MR) is 89.7 cm³/mol. The maximum atomic E-state index is 12.2. The monoisotopic (exact) mass is 397 g/mol. The van der Waals surface area contributed by atoms with Crippen molar-refractivity contribution in [1.82, 2.24) is 5.32 Å². The van der Waals surface area contributed by atoms with Gasteiger partial charge in [-0.15, -0.1) is 13.2 Å². The van der Waals surface area contributed by atoms with Crippen LogP contribution in [0.25, 0.3) is 11.1 Å². The molecular formula is C18H14F3NO6. The Labute approximate surface area is 156 Å². The topological polar surface area (TPSA) is 113 Å². The summed E-state index contributed by atoms with van der Waals surface area (Å²) in [4.78, 5) is 34.0. The fourth-order valence-electron chi connectivity index (χ4n) is 2.31. The van der Waals surface area contributed by atoms with Gasteiger partial charge in [0.05, 0.1) is 6.42 Å².